The van der Waals surface area contributed by atoms with Gasteiger partial charge in [-0.25, -0.2) is 0 Å². The number of thioether (sulfide) groups is 1. The average molecular weight is 244 g/mol. The van der Waals surface area contributed by atoms with E-state index >= 15 is 0 Å². The van der Waals surface area contributed by atoms with E-state index in [4.69, 9.17) is 5.73 Å². The van der Waals surface area contributed by atoms with Crippen LogP contribution in [0.3, 0.4) is 0 Å². The minimum absolute atomic E-state index is 0.200. The molecule has 1 rings (SSSR count). The third-order valence-corrected chi connectivity index (χ3v) is 4.17. The fourth-order valence-corrected chi connectivity index (χ4v) is 2.87. The van der Waals surface area contributed by atoms with Gasteiger partial charge in [0, 0.05) is 35.5 Å². The fraction of sp³-hybridized carbons (Fsp3) is 0.917. The zero-order valence-corrected chi connectivity index (χ0v) is 11.7. The van der Waals surface area contributed by atoms with Crippen molar-refractivity contribution < 1.29 is 4.79 Å². The number of hydrogen-bond donors (Lipinski definition) is 1. The predicted octanol–water partition coefficient (Wildman–Crippen LogP) is 1.86. The molecule has 0 aromatic carbocycles. The van der Waals surface area contributed by atoms with Gasteiger partial charge in [0.05, 0.1) is 0 Å². The summed E-state index contributed by atoms with van der Waals surface area (Å²) < 4.78 is 0.299. The average Bonchev–Trinajstić information content (AvgIpc) is 2.23. The van der Waals surface area contributed by atoms with Gasteiger partial charge in [-0.05, 0) is 20.3 Å². The summed E-state index contributed by atoms with van der Waals surface area (Å²) >= 11 is 1.96. The van der Waals surface area contributed by atoms with Crippen LogP contribution in [0.5, 0.6) is 0 Å². The molecule has 0 bridgehead atoms. The highest BCUT2D eigenvalue weighted by Gasteiger charge is 2.27. The molecule has 0 aromatic heterocycles. The molecule has 0 unspecified atom stereocenters. The smallest absolute Gasteiger partial charge is 0.224 e. The summed E-state index contributed by atoms with van der Waals surface area (Å²) in [5.41, 5.74) is 5.49. The first-order valence-corrected chi connectivity index (χ1v) is 6.89. The summed E-state index contributed by atoms with van der Waals surface area (Å²) in [7, 11) is 0. The quantitative estimate of drug-likeness (QED) is 0.806. The Morgan fingerprint density at radius 2 is 2.06 bits per heavy atom. The second-order valence-corrected chi connectivity index (χ2v) is 7.71. The summed E-state index contributed by atoms with van der Waals surface area (Å²) in [6, 6.07) is 0. The van der Waals surface area contributed by atoms with Gasteiger partial charge in [-0.3, -0.25) is 4.79 Å². The Hall–Kier alpha value is -0.220. The molecule has 1 aliphatic rings. The largest absolute Gasteiger partial charge is 0.342 e. The van der Waals surface area contributed by atoms with Crippen LogP contribution in [0, 0.1) is 0 Å². The second kappa shape index (κ2) is 4.96. The standard InChI is InChI=1S/C12H24N2OS/c1-11(2,13)9-10(15)14-6-5-12(3,4)16-8-7-14/h5-9,13H2,1-4H3. The number of amides is 1. The molecular weight excluding hydrogens is 220 g/mol. The van der Waals surface area contributed by atoms with Crippen LogP contribution in [0.4, 0.5) is 0 Å². The molecule has 0 radical (unpaired) electrons. The SMILES string of the molecule is CC(C)(N)CC(=O)N1CCSC(C)(C)CC1. The molecule has 0 saturated carbocycles. The topological polar surface area (TPSA) is 46.3 Å². The molecule has 3 nitrogen and oxygen atoms in total. The zero-order chi connectivity index (χ0) is 12.4. The lowest BCUT2D eigenvalue weighted by atomic mass is 10.0. The van der Waals surface area contributed by atoms with Gasteiger partial charge in [-0.1, -0.05) is 13.8 Å². The van der Waals surface area contributed by atoms with Crippen LogP contribution in [0.25, 0.3) is 0 Å². The molecule has 0 aromatic rings. The zero-order valence-electron chi connectivity index (χ0n) is 10.9. The molecule has 1 aliphatic heterocycles. The van der Waals surface area contributed by atoms with Crippen LogP contribution in [0.1, 0.15) is 40.5 Å². The van der Waals surface area contributed by atoms with Crippen LogP contribution in [-0.2, 0) is 4.79 Å². The van der Waals surface area contributed by atoms with Crippen LogP contribution in [0.2, 0.25) is 0 Å². The lowest BCUT2D eigenvalue weighted by Crippen LogP contribution is -2.42. The van der Waals surface area contributed by atoms with E-state index in [9.17, 15) is 4.79 Å². The predicted molar refractivity (Wildman–Crippen MR) is 70.6 cm³/mol. The highest BCUT2D eigenvalue weighted by Crippen LogP contribution is 2.30. The molecule has 94 valence electrons. The van der Waals surface area contributed by atoms with Crippen LogP contribution in [0.15, 0.2) is 0 Å². The monoisotopic (exact) mass is 244 g/mol. The molecule has 4 heteroatoms. The van der Waals surface area contributed by atoms with Crippen molar-refractivity contribution in [3.8, 4) is 0 Å². The molecular formula is C12H24N2OS. The normalized spacial score (nSPS) is 21.7. The Morgan fingerprint density at radius 1 is 1.44 bits per heavy atom. The summed E-state index contributed by atoms with van der Waals surface area (Å²) in [6.45, 7) is 10.0. The van der Waals surface area contributed by atoms with Crippen molar-refractivity contribution in [2.24, 2.45) is 5.73 Å². The summed E-state index contributed by atoms with van der Waals surface area (Å²) in [5, 5.41) is 0. The van der Waals surface area contributed by atoms with Crippen molar-refractivity contribution in [1.29, 1.82) is 0 Å². The molecule has 1 heterocycles. The molecule has 1 amide bonds. The van der Waals surface area contributed by atoms with E-state index in [0.29, 0.717) is 11.2 Å². The molecule has 0 aliphatic carbocycles. The Labute approximate surface area is 103 Å². The maximum absolute atomic E-state index is 12.0. The number of carbonyl (C=O) groups is 1. The van der Waals surface area contributed by atoms with E-state index in [1.807, 2.05) is 30.5 Å². The van der Waals surface area contributed by atoms with Crippen molar-refractivity contribution in [3.05, 3.63) is 0 Å². The van der Waals surface area contributed by atoms with Gasteiger partial charge in [0.2, 0.25) is 5.91 Å². The lowest BCUT2D eigenvalue weighted by Gasteiger charge is -2.26. The minimum Gasteiger partial charge on any atom is -0.342 e. The highest BCUT2D eigenvalue weighted by molar-refractivity contribution is 8.00. The van der Waals surface area contributed by atoms with Gasteiger partial charge >= 0.3 is 0 Å². The third-order valence-electron chi connectivity index (χ3n) is 2.80. The Bertz CT molecular complexity index is 258. The van der Waals surface area contributed by atoms with E-state index in [0.717, 1.165) is 25.3 Å². The minimum atomic E-state index is -0.397. The Kier molecular flexibility index (Phi) is 4.29. The number of rotatable bonds is 2. The van der Waals surface area contributed by atoms with E-state index < -0.39 is 5.54 Å². The highest BCUT2D eigenvalue weighted by atomic mass is 32.2. The Balaban J connectivity index is 2.52. The first kappa shape index (κ1) is 13.8. The fourth-order valence-electron chi connectivity index (χ4n) is 1.77. The molecule has 1 fully saturated rings. The maximum atomic E-state index is 12.0. The van der Waals surface area contributed by atoms with Crippen molar-refractivity contribution >= 4 is 17.7 Å². The van der Waals surface area contributed by atoms with Gasteiger partial charge < -0.3 is 10.6 Å². The van der Waals surface area contributed by atoms with Crippen LogP contribution >= 0.6 is 11.8 Å². The van der Waals surface area contributed by atoms with Gasteiger partial charge in [0.15, 0.2) is 0 Å². The van der Waals surface area contributed by atoms with Gasteiger partial charge in [-0.2, -0.15) is 11.8 Å². The molecule has 0 spiro atoms. The van der Waals surface area contributed by atoms with Crippen molar-refractivity contribution in [2.75, 3.05) is 18.8 Å². The number of hydrogen-bond acceptors (Lipinski definition) is 3. The third kappa shape index (κ3) is 4.74. The van der Waals surface area contributed by atoms with Gasteiger partial charge in [-0.15, -0.1) is 0 Å². The molecule has 1 saturated heterocycles. The molecule has 16 heavy (non-hydrogen) atoms. The number of carbonyl (C=O) groups excluding carboxylic acids is 1. The van der Waals surface area contributed by atoms with Crippen molar-refractivity contribution in [1.82, 2.24) is 4.90 Å². The number of nitrogens with two attached hydrogens (primary N) is 1. The first-order valence-electron chi connectivity index (χ1n) is 5.90. The van der Waals surface area contributed by atoms with E-state index in [2.05, 4.69) is 13.8 Å². The van der Waals surface area contributed by atoms with Gasteiger partial charge in [0.25, 0.3) is 0 Å². The van der Waals surface area contributed by atoms with Crippen LogP contribution < -0.4 is 5.73 Å². The molecule has 0 atom stereocenters. The van der Waals surface area contributed by atoms with Gasteiger partial charge in [0.1, 0.15) is 0 Å². The maximum Gasteiger partial charge on any atom is 0.224 e. The number of nitrogens with zero attached hydrogens (tertiary/aromatic N) is 1. The van der Waals surface area contributed by atoms with Crippen LogP contribution in [-0.4, -0.2) is 39.9 Å². The second-order valence-electron chi connectivity index (χ2n) is 5.90. The first-order chi connectivity index (χ1) is 7.20. The van der Waals surface area contributed by atoms with Crippen molar-refractivity contribution in [2.45, 2.75) is 50.8 Å². The van der Waals surface area contributed by atoms with E-state index in [-0.39, 0.29) is 5.91 Å². The van der Waals surface area contributed by atoms with E-state index in [1.165, 1.54) is 0 Å². The summed E-state index contributed by atoms with van der Waals surface area (Å²) in [5.74, 6) is 1.23. The van der Waals surface area contributed by atoms with Crippen molar-refractivity contribution in [3.63, 3.8) is 0 Å². The summed E-state index contributed by atoms with van der Waals surface area (Å²) in [4.78, 5) is 14.0. The Morgan fingerprint density at radius 3 is 2.62 bits per heavy atom. The summed E-state index contributed by atoms with van der Waals surface area (Å²) in [6.07, 6.45) is 1.51. The molecule has 2 N–H and O–H groups in total. The van der Waals surface area contributed by atoms with E-state index in [1.54, 1.807) is 0 Å². The lowest BCUT2D eigenvalue weighted by molar-refractivity contribution is -0.132.